The van der Waals surface area contributed by atoms with E-state index in [-0.39, 0.29) is 0 Å². The molecule has 0 unspecified atom stereocenters. The second-order valence-electron chi connectivity index (χ2n) is 5.95. The average molecular weight is 314 g/mol. The fraction of sp³-hybridized carbons (Fsp3) is 0.294. The van der Waals surface area contributed by atoms with Crippen LogP contribution in [0.1, 0.15) is 17.5 Å². The predicted molar refractivity (Wildman–Crippen MR) is 84.8 cm³/mol. The molecule has 0 saturated carbocycles. The molecule has 2 aromatic carbocycles. The number of sulfonamides is 1. The highest BCUT2D eigenvalue weighted by Crippen LogP contribution is 2.48. The molecule has 0 radical (unpaired) electrons. The topological polar surface area (TPSA) is 49.4 Å². The number of nitrogens with one attached hydrogen (secondary N) is 1. The number of hydrogen-bond donors (Lipinski definition) is 1. The SMILES string of the molecule is O=S1(=O)c2ccccc2[C@@]2(CCNC2)N1Cc1ccccc1. The Labute approximate surface area is 130 Å². The molecule has 2 heterocycles. The van der Waals surface area contributed by atoms with Gasteiger partial charge < -0.3 is 5.32 Å². The molecule has 22 heavy (non-hydrogen) atoms. The molecule has 114 valence electrons. The van der Waals surface area contributed by atoms with Gasteiger partial charge in [-0.1, -0.05) is 48.5 Å². The van der Waals surface area contributed by atoms with E-state index in [9.17, 15) is 8.42 Å². The molecule has 1 N–H and O–H groups in total. The molecule has 5 heteroatoms. The molecule has 1 spiro atoms. The van der Waals surface area contributed by atoms with Crippen molar-refractivity contribution in [1.82, 2.24) is 9.62 Å². The van der Waals surface area contributed by atoms with Gasteiger partial charge in [-0.25, -0.2) is 8.42 Å². The summed E-state index contributed by atoms with van der Waals surface area (Å²) < 4.78 is 27.8. The van der Waals surface area contributed by atoms with E-state index in [1.165, 1.54) is 0 Å². The molecule has 4 rings (SSSR count). The lowest BCUT2D eigenvalue weighted by atomic mass is 9.88. The van der Waals surface area contributed by atoms with Crippen LogP contribution in [0.4, 0.5) is 0 Å². The summed E-state index contributed by atoms with van der Waals surface area (Å²) in [6, 6.07) is 17.2. The van der Waals surface area contributed by atoms with Gasteiger partial charge in [0.1, 0.15) is 0 Å². The van der Waals surface area contributed by atoms with Crippen LogP contribution in [-0.4, -0.2) is 25.8 Å². The van der Waals surface area contributed by atoms with Crippen molar-refractivity contribution in [2.24, 2.45) is 0 Å². The van der Waals surface area contributed by atoms with Crippen LogP contribution >= 0.6 is 0 Å². The van der Waals surface area contributed by atoms with Gasteiger partial charge in [0.25, 0.3) is 0 Å². The summed E-state index contributed by atoms with van der Waals surface area (Å²) in [6.07, 6.45) is 0.816. The van der Waals surface area contributed by atoms with Crippen LogP contribution in [0.3, 0.4) is 0 Å². The second kappa shape index (κ2) is 4.91. The number of rotatable bonds is 2. The van der Waals surface area contributed by atoms with Gasteiger partial charge in [0, 0.05) is 13.1 Å². The highest BCUT2D eigenvalue weighted by Gasteiger charge is 2.54. The summed E-state index contributed by atoms with van der Waals surface area (Å²) in [5, 5.41) is 3.34. The van der Waals surface area contributed by atoms with Crippen molar-refractivity contribution in [2.45, 2.75) is 23.4 Å². The first kappa shape index (κ1) is 13.9. The van der Waals surface area contributed by atoms with Gasteiger partial charge in [-0.2, -0.15) is 4.31 Å². The van der Waals surface area contributed by atoms with Crippen LogP contribution in [0, 0.1) is 0 Å². The van der Waals surface area contributed by atoms with Crippen molar-refractivity contribution in [3.05, 3.63) is 65.7 Å². The van der Waals surface area contributed by atoms with Crippen molar-refractivity contribution in [3.63, 3.8) is 0 Å². The van der Waals surface area contributed by atoms with Gasteiger partial charge in [-0.15, -0.1) is 0 Å². The van der Waals surface area contributed by atoms with E-state index in [0.717, 1.165) is 24.1 Å². The Hall–Kier alpha value is -1.69. The van der Waals surface area contributed by atoms with Crippen LogP contribution < -0.4 is 5.32 Å². The van der Waals surface area contributed by atoms with Gasteiger partial charge in [-0.05, 0) is 30.2 Å². The first-order chi connectivity index (χ1) is 10.6. The number of nitrogens with zero attached hydrogens (tertiary/aromatic N) is 1. The van der Waals surface area contributed by atoms with Crippen LogP contribution in [0.2, 0.25) is 0 Å². The molecule has 1 saturated heterocycles. The van der Waals surface area contributed by atoms with Crippen LogP contribution in [-0.2, 0) is 22.1 Å². The van der Waals surface area contributed by atoms with Crippen LogP contribution in [0.25, 0.3) is 0 Å². The normalized spacial score (nSPS) is 26.4. The first-order valence-electron chi connectivity index (χ1n) is 7.52. The van der Waals surface area contributed by atoms with E-state index < -0.39 is 15.6 Å². The molecule has 0 aromatic heterocycles. The molecule has 1 atom stereocenters. The van der Waals surface area contributed by atoms with E-state index in [1.807, 2.05) is 42.5 Å². The fourth-order valence-corrected chi connectivity index (χ4v) is 5.72. The minimum atomic E-state index is -3.44. The maximum Gasteiger partial charge on any atom is 0.244 e. The Morgan fingerprint density at radius 2 is 1.77 bits per heavy atom. The van der Waals surface area contributed by atoms with Crippen molar-refractivity contribution < 1.29 is 8.42 Å². The number of benzene rings is 2. The second-order valence-corrected chi connectivity index (χ2v) is 7.78. The zero-order valence-corrected chi connectivity index (χ0v) is 13.0. The molecule has 0 amide bonds. The average Bonchev–Trinajstić information content (AvgIpc) is 3.09. The van der Waals surface area contributed by atoms with Crippen molar-refractivity contribution in [3.8, 4) is 0 Å². The minimum absolute atomic E-state index is 0.416. The summed E-state index contributed by atoms with van der Waals surface area (Å²) in [6.45, 7) is 1.94. The Morgan fingerprint density at radius 3 is 2.50 bits per heavy atom. The lowest BCUT2D eigenvalue weighted by Gasteiger charge is -2.33. The monoisotopic (exact) mass is 314 g/mol. The predicted octanol–water partition coefficient (Wildman–Crippen LogP) is 2.08. The zero-order valence-electron chi connectivity index (χ0n) is 12.2. The van der Waals surface area contributed by atoms with Gasteiger partial charge in [0.05, 0.1) is 10.4 Å². The highest BCUT2D eigenvalue weighted by atomic mass is 32.2. The maximum absolute atomic E-state index is 13.0. The number of hydrogen-bond acceptors (Lipinski definition) is 3. The highest BCUT2D eigenvalue weighted by molar-refractivity contribution is 7.89. The molecular weight excluding hydrogens is 296 g/mol. The van der Waals surface area contributed by atoms with Gasteiger partial charge in [0.2, 0.25) is 10.0 Å². The van der Waals surface area contributed by atoms with Crippen LogP contribution in [0.5, 0.6) is 0 Å². The zero-order chi connectivity index (χ0) is 15.2. The lowest BCUT2D eigenvalue weighted by Crippen LogP contribution is -2.44. The van der Waals surface area contributed by atoms with Gasteiger partial charge in [0.15, 0.2) is 0 Å². The van der Waals surface area contributed by atoms with Crippen molar-refractivity contribution in [2.75, 3.05) is 13.1 Å². The molecule has 2 aromatic rings. The maximum atomic E-state index is 13.0. The van der Waals surface area contributed by atoms with E-state index in [2.05, 4.69) is 5.32 Å². The first-order valence-corrected chi connectivity index (χ1v) is 8.96. The standard InChI is InChI=1S/C17H18N2O2S/c20-22(21)16-9-5-4-8-15(16)17(10-11-18-13-17)19(22)12-14-6-2-1-3-7-14/h1-9,18H,10-13H2/t17-/m0/s1. The third-order valence-corrected chi connectivity index (χ3v) is 6.71. The lowest BCUT2D eigenvalue weighted by molar-refractivity contribution is 0.213. The summed E-state index contributed by atoms with van der Waals surface area (Å²) in [4.78, 5) is 0.467. The summed E-state index contributed by atoms with van der Waals surface area (Å²) in [5.41, 5.74) is 1.52. The van der Waals surface area contributed by atoms with Crippen molar-refractivity contribution in [1.29, 1.82) is 0 Å². The quantitative estimate of drug-likeness (QED) is 0.923. The Bertz CT molecular complexity index is 796. The molecule has 0 bridgehead atoms. The molecule has 0 aliphatic carbocycles. The van der Waals surface area contributed by atoms with Crippen LogP contribution in [0.15, 0.2) is 59.5 Å². The molecule has 2 aliphatic heterocycles. The molecule has 4 nitrogen and oxygen atoms in total. The minimum Gasteiger partial charge on any atom is -0.314 e. The smallest absolute Gasteiger partial charge is 0.244 e. The molecule has 1 fully saturated rings. The fourth-order valence-electron chi connectivity index (χ4n) is 3.67. The molecule has 2 aliphatic rings. The summed E-state index contributed by atoms with van der Waals surface area (Å²) in [5.74, 6) is 0. The van der Waals surface area contributed by atoms with Crippen molar-refractivity contribution >= 4 is 10.0 Å². The van der Waals surface area contributed by atoms with E-state index >= 15 is 0 Å². The van der Waals surface area contributed by atoms with E-state index in [1.54, 1.807) is 16.4 Å². The van der Waals surface area contributed by atoms with Gasteiger partial charge in [-0.3, -0.25) is 0 Å². The number of fused-ring (bicyclic) bond motifs is 2. The van der Waals surface area contributed by atoms with E-state index in [4.69, 9.17) is 0 Å². The largest absolute Gasteiger partial charge is 0.314 e. The Morgan fingerprint density at radius 1 is 1.05 bits per heavy atom. The Balaban J connectivity index is 1.86. The summed E-state index contributed by atoms with van der Waals surface area (Å²) in [7, 11) is -3.44. The molecular formula is C17H18N2O2S. The summed E-state index contributed by atoms with van der Waals surface area (Å²) >= 11 is 0. The third kappa shape index (κ3) is 1.86. The van der Waals surface area contributed by atoms with Gasteiger partial charge >= 0.3 is 0 Å². The Kier molecular flexibility index (Phi) is 3.11. The third-order valence-electron chi connectivity index (χ3n) is 4.74. The van der Waals surface area contributed by atoms with E-state index in [0.29, 0.717) is 18.0 Å².